The Bertz CT molecular complexity index is 968. The molecule has 4 nitrogen and oxygen atoms in total. The first kappa shape index (κ1) is 18.4. The summed E-state index contributed by atoms with van der Waals surface area (Å²) in [6.45, 7) is 1.25. The molecule has 146 valence electrons. The van der Waals surface area contributed by atoms with Gasteiger partial charge in [0.1, 0.15) is 5.75 Å². The maximum Gasteiger partial charge on any atom is 0.416 e. The van der Waals surface area contributed by atoms with Crippen molar-refractivity contribution < 1.29 is 22.6 Å². The number of benzene rings is 2. The largest absolute Gasteiger partial charge is 0.495 e. The number of halogens is 3. The number of hydrogen-bond acceptors (Lipinski definition) is 3. The second-order valence-corrected chi connectivity index (χ2v) is 6.49. The van der Waals surface area contributed by atoms with Crippen molar-refractivity contribution in [1.82, 2.24) is 4.57 Å². The van der Waals surface area contributed by atoms with E-state index in [2.05, 4.69) is 4.90 Å². The molecule has 0 aliphatic carbocycles. The zero-order valence-corrected chi connectivity index (χ0v) is 15.2. The Morgan fingerprint density at radius 3 is 2.68 bits per heavy atom. The lowest BCUT2D eigenvalue weighted by atomic mass is 10.2. The zero-order chi connectivity index (χ0) is 19.7. The van der Waals surface area contributed by atoms with Gasteiger partial charge in [0.2, 0.25) is 0 Å². The Hall–Kier alpha value is -2.93. The first-order valence-electron chi connectivity index (χ1n) is 8.84. The lowest BCUT2D eigenvalue weighted by Gasteiger charge is -2.26. The Labute approximate surface area is 160 Å². The Morgan fingerprint density at radius 2 is 1.89 bits per heavy atom. The van der Waals surface area contributed by atoms with E-state index < -0.39 is 11.7 Å². The molecule has 2 aromatic carbocycles. The maximum atomic E-state index is 13.0. The average Bonchev–Trinajstić information content (AvgIpc) is 3.36. The summed E-state index contributed by atoms with van der Waals surface area (Å²) < 4.78 is 52.0. The molecule has 7 heteroatoms. The minimum absolute atomic E-state index is 0.330. The summed E-state index contributed by atoms with van der Waals surface area (Å²) >= 11 is 0. The third-order valence-electron chi connectivity index (χ3n) is 4.76. The van der Waals surface area contributed by atoms with E-state index in [1.165, 1.54) is 6.07 Å². The first-order valence-corrected chi connectivity index (χ1v) is 8.84. The number of anilines is 1. The van der Waals surface area contributed by atoms with Crippen LogP contribution < -0.4 is 9.64 Å². The van der Waals surface area contributed by atoms with Gasteiger partial charge in [-0.05, 0) is 36.4 Å². The molecule has 0 amide bonds. The van der Waals surface area contributed by atoms with E-state index in [-0.39, 0.29) is 6.23 Å². The van der Waals surface area contributed by atoms with E-state index in [0.29, 0.717) is 18.8 Å². The fraction of sp³-hybridized carbons (Fsp3) is 0.238. The third-order valence-corrected chi connectivity index (χ3v) is 4.76. The quantitative estimate of drug-likeness (QED) is 0.627. The summed E-state index contributed by atoms with van der Waals surface area (Å²) in [5.74, 6) is 0.746. The molecular weight excluding hydrogens is 369 g/mol. The van der Waals surface area contributed by atoms with Gasteiger partial charge in [0, 0.05) is 30.2 Å². The second kappa shape index (κ2) is 7.24. The van der Waals surface area contributed by atoms with E-state index in [0.717, 1.165) is 29.1 Å². The van der Waals surface area contributed by atoms with Crippen LogP contribution in [0.3, 0.4) is 0 Å². The summed E-state index contributed by atoms with van der Waals surface area (Å²) in [4.78, 5) is 2.09. The summed E-state index contributed by atoms with van der Waals surface area (Å²) in [5.41, 5.74) is 1.55. The fourth-order valence-corrected chi connectivity index (χ4v) is 3.42. The highest BCUT2D eigenvalue weighted by atomic mass is 19.4. The van der Waals surface area contributed by atoms with E-state index in [1.54, 1.807) is 30.1 Å². The molecule has 4 rings (SSSR count). The molecule has 3 aromatic rings. The minimum Gasteiger partial charge on any atom is -0.495 e. The molecule has 2 heterocycles. The number of ether oxygens (including phenoxy) is 2. The van der Waals surface area contributed by atoms with Gasteiger partial charge in [-0.25, -0.2) is 0 Å². The number of hydrogen-bond donors (Lipinski definition) is 0. The number of para-hydroxylation sites is 2. The molecule has 1 unspecified atom stereocenters. The van der Waals surface area contributed by atoms with Crippen molar-refractivity contribution in [3.05, 3.63) is 78.1 Å². The zero-order valence-electron chi connectivity index (χ0n) is 15.2. The molecule has 0 radical (unpaired) electrons. The fourth-order valence-electron chi connectivity index (χ4n) is 3.42. The molecule has 0 N–H and O–H groups in total. The van der Waals surface area contributed by atoms with Gasteiger partial charge in [-0.2, -0.15) is 13.2 Å². The summed E-state index contributed by atoms with van der Waals surface area (Å²) in [6.07, 6.45) is -1.16. The summed E-state index contributed by atoms with van der Waals surface area (Å²) in [5, 5.41) is 0. The van der Waals surface area contributed by atoms with Crippen LogP contribution in [0, 0.1) is 0 Å². The number of methoxy groups -OCH3 is 1. The Balaban J connectivity index is 1.64. The highest BCUT2D eigenvalue weighted by Crippen LogP contribution is 2.38. The van der Waals surface area contributed by atoms with Crippen LogP contribution in [0.5, 0.6) is 5.75 Å². The van der Waals surface area contributed by atoms with Gasteiger partial charge in [0.05, 0.1) is 25.0 Å². The van der Waals surface area contributed by atoms with Gasteiger partial charge < -0.3 is 18.9 Å². The molecule has 1 saturated heterocycles. The van der Waals surface area contributed by atoms with Crippen LogP contribution in [0.1, 0.15) is 17.4 Å². The van der Waals surface area contributed by atoms with Crippen molar-refractivity contribution in [1.29, 1.82) is 0 Å². The van der Waals surface area contributed by atoms with E-state index in [4.69, 9.17) is 9.47 Å². The molecule has 1 aliphatic heterocycles. The molecule has 0 bridgehead atoms. The SMILES string of the molecule is COc1ccccc1N1CCOC1c1ccn(-c2cccc(C(F)(F)F)c2)c1. The van der Waals surface area contributed by atoms with Crippen LogP contribution >= 0.6 is 0 Å². The van der Waals surface area contributed by atoms with Crippen molar-refractivity contribution in [3.8, 4) is 11.4 Å². The van der Waals surface area contributed by atoms with Crippen molar-refractivity contribution in [2.75, 3.05) is 25.2 Å². The smallest absolute Gasteiger partial charge is 0.416 e. The number of rotatable bonds is 4. The topological polar surface area (TPSA) is 26.6 Å². The Morgan fingerprint density at radius 1 is 1.07 bits per heavy atom. The van der Waals surface area contributed by atoms with Gasteiger partial charge in [-0.3, -0.25) is 0 Å². The van der Waals surface area contributed by atoms with Crippen LogP contribution in [0.2, 0.25) is 0 Å². The van der Waals surface area contributed by atoms with Crippen molar-refractivity contribution in [2.24, 2.45) is 0 Å². The van der Waals surface area contributed by atoms with Crippen LogP contribution in [0.25, 0.3) is 5.69 Å². The predicted octanol–water partition coefficient (Wildman–Crippen LogP) is 5.04. The highest BCUT2D eigenvalue weighted by molar-refractivity contribution is 5.60. The van der Waals surface area contributed by atoms with Gasteiger partial charge in [-0.15, -0.1) is 0 Å². The lowest BCUT2D eigenvalue weighted by molar-refractivity contribution is -0.137. The number of aromatic nitrogens is 1. The van der Waals surface area contributed by atoms with Crippen molar-refractivity contribution >= 4 is 5.69 Å². The average molecular weight is 388 g/mol. The van der Waals surface area contributed by atoms with Gasteiger partial charge >= 0.3 is 6.18 Å². The third kappa shape index (κ3) is 3.45. The van der Waals surface area contributed by atoms with Crippen LogP contribution in [-0.2, 0) is 10.9 Å². The van der Waals surface area contributed by atoms with Gasteiger partial charge in [0.15, 0.2) is 6.23 Å². The van der Waals surface area contributed by atoms with Crippen LogP contribution in [0.15, 0.2) is 67.0 Å². The second-order valence-electron chi connectivity index (χ2n) is 6.49. The molecule has 1 aromatic heterocycles. The van der Waals surface area contributed by atoms with Gasteiger partial charge in [0.25, 0.3) is 0 Å². The van der Waals surface area contributed by atoms with Crippen molar-refractivity contribution in [3.63, 3.8) is 0 Å². The van der Waals surface area contributed by atoms with Crippen LogP contribution in [-0.4, -0.2) is 24.8 Å². The molecule has 0 spiro atoms. The lowest BCUT2D eigenvalue weighted by Crippen LogP contribution is -2.23. The highest BCUT2D eigenvalue weighted by Gasteiger charge is 2.31. The van der Waals surface area contributed by atoms with E-state index in [9.17, 15) is 13.2 Å². The monoisotopic (exact) mass is 388 g/mol. The Kier molecular flexibility index (Phi) is 4.77. The predicted molar refractivity (Wildman–Crippen MR) is 99.8 cm³/mol. The summed E-state index contributed by atoms with van der Waals surface area (Å²) in [6, 6.07) is 14.8. The van der Waals surface area contributed by atoms with Crippen molar-refractivity contribution in [2.45, 2.75) is 12.4 Å². The first-order chi connectivity index (χ1) is 13.5. The van der Waals surface area contributed by atoms with E-state index in [1.807, 2.05) is 30.3 Å². The molecular formula is C21H19F3N2O2. The minimum atomic E-state index is -4.37. The molecule has 28 heavy (non-hydrogen) atoms. The molecule has 1 atom stereocenters. The maximum absolute atomic E-state index is 13.0. The molecule has 1 aliphatic rings. The standard InChI is InChI=1S/C21H19F3N2O2/c1-27-19-8-3-2-7-18(19)26-11-12-28-20(26)15-9-10-25(14-15)17-6-4-5-16(13-17)21(22,23)24/h2-10,13-14,20H,11-12H2,1H3. The number of nitrogens with zero attached hydrogens (tertiary/aromatic N) is 2. The number of alkyl halides is 3. The molecule has 0 saturated carbocycles. The van der Waals surface area contributed by atoms with Gasteiger partial charge in [-0.1, -0.05) is 18.2 Å². The van der Waals surface area contributed by atoms with Crippen LogP contribution in [0.4, 0.5) is 18.9 Å². The molecule has 1 fully saturated rings. The van der Waals surface area contributed by atoms with E-state index >= 15 is 0 Å². The normalized spacial score (nSPS) is 17.1. The summed E-state index contributed by atoms with van der Waals surface area (Å²) in [7, 11) is 1.62.